The highest BCUT2D eigenvalue weighted by atomic mass is 16.7. The fraction of sp³-hybridized carbons (Fsp3) is 0.782. The Bertz CT molecular complexity index is 1700. The van der Waals surface area contributed by atoms with E-state index in [0.29, 0.717) is 6.42 Å². The Morgan fingerprint density at radius 1 is 0.402 bits per heavy atom. The van der Waals surface area contributed by atoms with Gasteiger partial charge in [-0.25, -0.2) is 0 Å². The summed E-state index contributed by atoms with van der Waals surface area (Å²) in [4.78, 5) is 13.1. The van der Waals surface area contributed by atoms with Crippen molar-refractivity contribution in [2.45, 2.75) is 378 Å². The number of aliphatic hydroxyl groups excluding tert-OH is 5. The van der Waals surface area contributed by atoms with Crippen molar-refractivity contribution < 1.29 is 39.8 Å². The molecule has 9 nitrogen and oxygen atoms in total. The van der Waals surface area contributed by atoms with Crippen LogP contribution in [0.3, 0.4) is 0 Å². The lowest BCUT2D eigenvalue weighted by Gasteiger charge is -2.40. The Morgan fingerprint density at radius 3 is 1.06 bits per heavy atom. The van der Waals surface area contributed by atoms with Gasteiger partial charge in [0.05, 0.1) is 25.4 Å². The van der Waals surface area contributed by atoms with Crippen LogP contribution in [0.4, 0.5) is 0 Å². The average Bonchev–Trinajstić information content (AvgIpc) is 3.47. The third kappa shape index (κ3) is 54.6. The second kappa shape index (κ2) is 66.0. The zero-order valence-corrected chi connectivity index (χ0v) is 56.5. The minimum Gasteiger partial charge on any atom is -0.394 e. The lowest BCUT2D eigenvalue weighted by atomic mass is 9.99. The van der Waals surface area contributed by atoms with E-state index in [1.54, 1.807) is 6.08 Å². The van der Waals surface area contributed by atoms with Gasteiger partial charge in [-0.2, -0.15) is 0 Å². The molecule has 0 aromatic carbocycles. The Hall–Kier alpha value is -2.89. The van der Waals surface area contributed by atoms with Crippen LogP contribution in [0.15, 0.2) is 97.2 Å². The van der Waals surface area contributed by atoms with E-state index in [-0.39, 0.29) is 12.5 Å². The monoisotopic (exact) mass is 1220 g/mol. The van der Waals surface area contributed by atoms with Crippen molar-refractivity contribution in [2.24, 2.45) is 0 Å². The third-order valence-corrected chi connectivity index (χ3v) is 17.2. The van der Waals surface area contributed by atoms with Crippen molar-refractivity contribution >= 4 is 5.91 Å². The van der Waals surface area contributed by atoms with E-state index in [1.807, 2.05) is 6.08 Å². The second-order valence-corrected chi connectivity index (χ2v) is 25.4. The Kier molecular flexibility index (Phi) is 62.3. The standard InChI is InChI=1S/C78H139NO8/c1-3-5-7-9-11-13-15-17-19-21-23-25-27-28-29-30-31-32-33-34-35-36-37-38-39-40-41-42-43-44-46-48-50-52-54-56-58-60-62-64-66-68-74(82)79-71(70-86-78-77(85)76(84)75(83)73(69-80)87-78)72(81)67-65-63-61-59-57-55-53-51-49-47-45-26-24-22-20-18-16-14-12-10-8-6-4-2/h5,7,11,13,17,19,23,25,28-29,31-32,34-35,65,67,71-73,75-78,80-81,83-85H,3-4,6,8-10,12,14-16,18,20-22,24,26-27,30,33,36-64,66,68-70H2,1-2H3,(H,79,82)/b7-5-,13-11-,19-17-,25-23-,29-28-,32-31-,35-34-,67-65+. The van der Waals surface area contributed by atoms with Crippen molar-refractivity contribution in [2.75, 3.05) is 13.2 Å². The molecule has 1 aliphatic rings. The highest BCUT2D eigenvalue weighted by Crippen LogP contribution is 2.23. The van der Waals surface area contributed by atoms with Gasteiger partial charge >= 0.3 is 0 Å². The first-order valence-electron chi connectivity index (χ1n) is 37.0. The SMILES string of the molecule is CC/C=C\C/C=C\C/C=C\C/C=C\C/C=C\C/C=C\C/C=C\CCCCCCCCCCCCCCCCCCCCCC(=O)NC(COC1OC(CO)C(O)C(O)C1O)C(O)/C=C/CCCCCCCCCCCCCCCCCCCCCCC. The lowest BCUT2D eigenvalue weighted by molar-refractivity contribution is -0.302. The summed E-state index contributed by atoms with van der Waals surface area (Å²) < 4.78 is 11.3. The summed E-state index contributed by atoms with van der Waals surface area (Å²) in [5.41, 5.74) is 0. The minimum atomic E-state index is -1.57. The second-order valence-electron chi connectivity index (χ2n) is 25.4. The highest BCUT2D eigenvalue weighted by Gasteiger charge is 2.44. The molecule has 0 bridgehead atoms. The Balaban J connectivity index is 2.08. The summed E-state index contributed by atoms with van der Waals surface area (Å²) in [7, 11) is 0. The molecule has 87 heavy (non-hydrogen) atoms. The normalized spacial score (nSPS) is 18.5. The number of carbonyl (C=O) groups excluding carboxylic acids is 1. The molecule has 7 unspecified atom stereocenters. The summed E-state index contributed by atoms with van der Waals surface area (Å²) in [6, 6.07) is -0.809. The largest absolute Gasteiger partial charge is 0.394 e. The van der Waals surface area contributed by atoms with E-state index < -0.39 is 49.5 Å². The van der Waals surface area contributed by atoms with Crippen LogP contribution in [0.25, 0.3) is 0 Å². The smallest absolute Gasteiger partial charge is 0.220 e. The number of aliphatic hydroxyl groups is 5. The predicted octanol–water partition coefficient (Wildman–Crippen LogP) is 20.6. The first-order chi connectivity index (χ1) is 42.8. The van der Waals surface area contributed by atoms with Crippen molar-refractivity contribution in [1.82, 2.24) is 5.32 Å². The predicted molar refractivity (Wildman–Crippen MR) is 373 cm³/mol. The first kappa shape index (κ1) is 82.1. The maximum atomic E-state index is 13.1. The van der Waals surface area contributed by atoms with Gasteiger partial charge in [0.15, 0.2) is 6.29 Å². The van der Waals surface area contributed by atoms with Gasteiger partial charge in [0.2, 0.25) is 5.91 Å². The first-order valence-corrected chi connectivity index (χ1v) is 37.0. The van der Waals surface area contributed by atoms with Crippen LogP contribution in [-0.2, 0) is 14.3 Å². The number of amides is 1. The molecule has 1 heterocycles. The molecule has 1 fully saturated rings. The summed E-state index contributed by atoms with van der Waals surface area (Å²) >= 11 is 0. The maximum absolute atomic E-state index is 13.1. The molecule has 0 saturated carbocycles. The summed E-state index contributed by atoms with van der Waals surface area (Å²) in [6.07, 6.45) is 89.5. The lowest BCUT2D eigenvalue weighted by Crippen LogP contribution is -2.60. The van der Waals surface area contributed by atoms with Gasteiger partial charge in [-0.05, 0) is 77.0 Å². The molecule has 1 aliphatic heterocycles. The summed E-state index contributed by atoms with van der Waals surface area (Å²) in [5.74, 6) is -0.173. The Morgan fingerprint density at radius 2 is 0.713 bits per heavy atom. The number of hydrogen-bond acceptors (Lipinski definition) is 8. The number of hydrogen-bond donors (Lipinski definition) is 6. The van der Waals surface area contributed by atoms with Crippen LogP contribution in [0, 0.1) is 0 Å². The van der Waals surface area contributed by atoms with Gasteiger partial charge in [-0.3, -0.25) is 4.79 Å². The maximum Gasteiger partial charge on any atom is 0.220 e. The summed E-state index contributed by atoms with van der Waals surface area (Å²) in [5, 5.41) is 54.8. The third-order valence-electron chi connectivity index (χ3n) is 17.2. The minimum absolute atomic E-state index is 0.173. The number of ether oxygens (including phenoxy) is 2. The van der Waals surface area contributed by atoms with Crippen LogP contribution >= 0.6 is 0 Å². The van der Waals surface area contributed by atoms with E-state index in [0.717, 1.165) is 83.5 Å². The number of allylic oxidation sites excluding steroid dienone is 15. The van der Waals surface area contributed by atoms with Crippen LogP contribution in [-0.4, -0.2) is 87.5 Å². The Labute approximate surface area is 536 Å². The molecular weight excluding hydrogens is 1080 g/mol. The molecule has 1 rings (SSSR count). The fourth-order valence-corrected chi connectivity index (χ4v) is 11.4. The van der Waals surface area contributed by atoms with E-state index in [4.69, 9.17) is 9.47 Å². The average molecular weight is 1220 g/mol. The highest BCUT2D eigenvalue weighted by molar-refractivity contribution is 5.76. The molecule has 0 spiro atoms. The molecule has 1 saturated heterocycles. The zero-order valence-electron chi connectivity index (χ0n) is 56.5. The van der Waals surface area contributed by atoms with E-state index in [2.05, 4.69) is 104 Å². The quantitative estimate of drug-likeness (QED) is 0.0261. The molecular formula is C78H139NO8. The molecule has 0 aliphatic carbocycles. The topological polar surface area (TPSA) is 149 Å². The zero-order chi connectivity index (χ0) is 62.8. The number of carbonyl (C=O) groups is 1. The molecule has 1 amide bonds. The van der Waals surface area contributed by atoms with E-state index in [9.17, 15) is 30.3 Å². The molecule has 6 N–H and O–H groups in total. The van der Waals surface area contributed by atoms with E-state index >= 15 is 0 Å². The molecule has 0 radical (unpaired) electrons. The van der Waals surface area contributed by atoms with Gasteiger partial charge in [0, 0.05) is 6.42 Å². The van der Waals surface area contributed by atoms with Crippen LogP contribution in [0.2, 0.25) is 0 Å². The van der Waals surface area contributed by atoms with E-state index in [1.165, 1.54) is 231 Å². The van der Waals surface area contributed by atoms with Gasteiger partial charge < -0.3 is 40.3 Å². The van der Waals surface area contributed by atoms with Gasteiger partial charge in [0.1, 0.15) is 24.4 Å². The van der Waals surface area contributed by atoms with Crippen molar-refractivity contribution in [3.8, 4) is 0 Å². The fourth-order valence-electron chi connectivity index (χ4n) is 11.4. The van der Waals surface area contributed by atoms with Crippen LogP contribution in [0.1, 0.15) is 335 Å². The van der Waals surface area contributed by atoms with Gasteiger partial charge in [0.25, 0.3) is 0 Å². The molecule has 0 aromatic rings. The molecule has 9 heteroatoms. The van der Waals surface area contributed by atoms with Crippen molar-refractivity contribution in [1.29, 1.82) is 0 Å². The molecule has 7 atom stereocenters. The van der Waals surface area contributed by atoms with Crippen molar-refractivity contribution in [3.05, 3.63) is 97.2 Å². The number of rotatable bonds is 64. The number of unbranched alkanes of at least 4 members (excludes halogenated alkanes) is 40. The van der Waals surface area contributed by atoms with Gasteiger partial charge in [-0.15, -0.1) is 0 Å². The summed E-state index contributed by atoms with van der Waals surface area (Å²) in [6.45, 7) is 3.70. The van der Waals surface area contributed by atoms with Crippen LogP contribution in [0.5, 0.6) is 0 Å². The van der Waals surface area contributed by atoms with Crippen LogP contribution < -0.4 is 5.32 Å². The van der Waals surface area contributed by atoms with Crippen molar-refractivity contribution in [3.63, 3.8) is 0 Å². The van der Waals surface area contributed by atoms with Gasteiger partial charge in [-0.1, -0.05) is 349 Å². The number of nitrogens with one attached hydrogen (secondary N) is 1. The molecule has 0 aromatic heterocycles. The molecule has 504 valence electrons.